The van der Waals surface area contributed by atoms with Crippen molar-refractivity contribution in [2.45, 2.75) is 37.1 Å². The van der Waals surface area contributed by atoms with E-state index in [1.807, 2.05) is 50.2 Å². The lowest BCUT2D eigenvalue weighted by Gasteiger charge is -2.12. The molecule has 0 aliphatic rings. The van der Waals surface area contributed by atoms with Crippen molar-refractivity contribution in [3.8, 4) is 5.75 Å². The lowest BCUT2D eigenvalue weighted by Crippen LogP contribution is -2.19. The zero-order valence-corrected chi connectivity index (χ0v) is 18.9. The Kier molecular flexibility index (Phi) is 6.55. The number of carbonyl (C=O) groups is 1. The minimum absolute atomic E-state index is 0.308. The van der Waals surface area contributed by atoms with Crippen LogP contribution in [0, 0.1) is 6.92 Å². The van der Waals surface area contributed by atoms with Crippen molar-refractivity contribution in [3.05, 3.63) is 66.1 Å². The summed E-state index contributed by atoms with van der Waals surface area (Å²) in [6.45, 7) is 6.63. The first-order valence-corrected chi connectivity index (χ1v) is 11.2. The van der Waals surface area contributed by atoms with Crippen LogP contribution in [0.1, 0.15) is 25.1 Å². The van der Waals surface area contributed by atoms with Gasteiger partial charge in [-0.05, 0) is 68.8 Å². The summed E-state index contributed by atoms with van der Waals surface area (Å²) < 4.78 is 7.18. The van der Waals surface area contributed by atoms with E-state index in [0.29, 0.717) is 23.8 Å². The topological polar surface area (TPSA) is 93.4 Å². The number of benzene rings is 2. The molecule has 0 aliphatic carbocycles. The standard InChI is InChI=1S/C23H24N6O2S/c1-4-20-15(3)26-22-24-14-25-29(22)21(20)32-19-12-8-17(9-13-19)28-23(30)27-16-6-10-18(11-7-16)31-5-2/h6-14H,4-5H2,1-3H3,(H2,27,28,30). The maximum Gasteiger partial charge on any atom is 0.323 e. The zero-order valence-electron chi connectivity index (χ0n) is 18.1. The highest BCUT2D eigenvalue weighted by Crippen LogP contribution is 2.32. The summed E-state index contributed by atoms with van der Waals surface area (Å²) in [6, 6.07) is 14.6. The molecule has 0 aliphatic heterocycles. The van der Waals surface area contributed by atoms with Gasteiger partial charge in [0.15, 0.2) is 0 Å². The highest BCUT2D eigenvalue weighted by molar-refractivity contribution is 7.99. The maximum atomic E-state index is 12.3. The van der Waals surface area contributed by atoms with Crippen LogP contribution in [-0.2, 0) is 6.42 Å². The SMILES string of the molecule is CCOc1ccc(NC(=O)Nc2ccc(Sc3c(CC)c(C)nc4ncnn34)cc2)cc1. The fourth-order valence-corrected chi connectivity index (χ4v) is 4.41. The number of rotatable bonds is 7. The first-order valence-electron chi connectivity index (χ1n) is 10.4. The molecular weight excluding hydrogens is 424 g/mol. The first kappa shape index (κ1) is 21.6. The Morgan fingerprint density at radius 3 is 2.31 bits per heavy atom. The van der Waals surface area contributed by atoms with Crippen molar-refractivity contribution in [2.75, 3.05) is 17.2 Å². The Balaban J connectivity index is 1.43. The normalized spacial score (nSPS) is 10.8. The van der Waals surface area contributed by atoms with Gasteiger partial charge in [0.05, 0.1) is 6.61 Å². The van der Waals surface area contributed by atoms with Gasteiger partial charge in [-0.1, -0.05) is 18.7 Å². The summed E-state index contributed by atoms with van der Waals surface area (Å²) in [5.41, 5.74) is 3.49. The van der Waals surface area contributed by atoms with E-state index < -0.39 is 0 Å². The third-order valence-electron chi connectivity index (χ3n) is 4.79. The van der Waals surface area contributed by atoms with Crippen LogP contribution in [0.25, 0.3) is 5.78 Å². The first-order chi connectivity index (χ1) is 15.6. The molecule has 2 amide bonds. The minimum Gasteiger partial charge on any atom is -0.494 e. The monoisotopic (exact) mass is 448 g/mol. The average molecular weight is 449 g/mol. The number of carbonyl (C=O) groups excluding carboxylic acids is 1. The van der Waals surface area contributed by atoms with Crippen LogP contribution >= 0.6 is 11.8 Å². The second-order valence-electron chi connectivity index (χ2n) is 6.97. The molecule has 9 heteroatoms. The van der Waals surface area contributed by atoms with Gasteiger partial charge in [0.1, 0.15) is 17.1 Å². The van der Waals surface area contributed by atoms with E-state index in [2.05, 4.69) is 32.6 Å². The molecule has 0 atom stereocenters. The number of hydrogen-bond donors (Lipinski definition) is 2. The number of nitrogens with zero attached hydrogens (tertiary/aromatic N) is 4. The summed E-state index contributed by atoms with van der Waals surface area (Å²) in [5, 5.41) is 11.0. The molecule has 4 aromatic rings. The van der Waals surface area contributed by atoms with Crippen LogP contribution in [0.4, 0.5) is 16.2 Å². The van der Waals surface area contributed by atoms with Crippen molar-refractivity contribution in [2.24, 2.45) is 0 Å². The molecule has 0 radical (unpaired) electrons. The van der Waals surface area contributed by atoms with Crippen LogP contribution < -0.4 is 15.4 Å². The Hall–Kier alpha value is -3.59. The lowest BCUT2D eigenvalue weighted by molar-refractivity contribution is 0.262. The quantitative estimate of drug-likeness (QED) is 0.378. The average Bonchev–Trinajstić information content (AvgIpc) is 3.25. The summed E-state index contributed by atoms with van der Waals surface area (Å²) in [7, 11) is 0. The Morgan fingerprint density at radius 2 is 1.69 bits per heavy atom. The van der Waals surface area contributed by atoms with Gasteiger partial charge in [-0.15, -0.1) is 0 Å². The van der Waals surface area contributed by atoms with Gasteiger partial charge in [-0.2, -0.15) is 14.6 Å². The van der Waals surface area contributed by atoms with Crippen molar-refractivity contribution in [1.82, 2.24) is 19.6 Å². The van der Waals surface area contributed by atoms with E-state index in [1.54, 1.807) is 28.4 Å². The fraction of sp³-hybridized carbons (Fsp3) is 0.217. The van der Waals surface area contributed by atoms with Crippen LogP contribution in [0.5, 0.6) is 5.75 Å². The van der Waals surface area contributed by atoms with Crippen molar-refractivity contribution in [3.63, 3.8) is 0 Å². The van der Waals surface area contributed by atoms with E-state index in [1.165, 1.54) is 6.33 Å². The van der Waals surface area contributed by atoms with Crippen LogP contribution in [0.15, 0.2) is 64.8 Å². The summed E-state index contributed by atoms with van der Waals surface area (Å²) >= 11 is 1.60. The molecule has 0 bridgehead atoms. The van der Waals surface area contributed by atoms with Crippen molar-refractivity contribution >= 4 is 34.9 Å². The van der Waals surface area contributed by atoms with E-state index >= 15 is 0 Å². The van der Waals surface area contributed by atoms with Gasteiger partial charge in [0.2, 0.25) is 0 Å². The predicted octanol–water partition coefficient (Wildman–Crippen LogP) is 5.19. The second kappa shape index (κ2) is 9.69. The van der Waals surface area contributed by atoms with Gasteiger partial charge in [0.25, 0.3) is 5.78 Å². The van der Waals surface area contributed by atoms with Gasteiger partial charge in [0, 0.05) is 27.5 Å². The highest BCUT2D eigenvalue weighted by Gasteiger charge is 2.14. The number of amides is 2. The Bertz CT molecular complexity index is 1220. The summed E-state index contributed by atoms with van der Waals surface area (Å²) in [6.07, 6.45) is 2.36. The zero-order chi connectivity index (χ0) is 22.5. The number of nitrogens with one attached hydrogen (secondary N) is 2. The molecule has 2 aromatic heterocycles. The Labute approximate surface area is 190 Å². The molecule has 0 saturated carbocycles. The molecular formula is C23H24N6O2S. The number of ether oxygens (including phenoxy) is 1. The molecule has 0 fully saturated rings. The van der Waals surface area contributed by atoms with Gasteiger partial charge in [-0.3, -0.25) is 0 Å². The molecule has 8 nitrogen and oxygen atoms in total. The smallest absolute Gasteiger partial charge is 0.323 e. The largest absolute Gasteiger partial charge is 0.494 e. The molecule has 0 saturated heterocycles. The van der Waals surface area contributed by atoms with Gasteiger partial charge < -0.3 is 15.4 Å². The molecule has 164 valence electrons. The van der Waals surface area contributed by atoms with Crippen LogP contribution in [0.3, 0.4) is 0 Å². The molecule has 2 N–H and O–H groups in total. The van der Waals surface area contributed by atoms with E-state index in [4.69, 9.17) is 4.74 Å². The van der Waals surface area contributed by atoms with E-state index in [0.717, 1.165) is 33.3 Å². The molecule has 32 heavy (non-hydrogen) atoms. The summed E-state index contributed by atoms with van der Waals surface area (Å²) in [4.78, 5) is 22.1. The van der Waals surface area contributed by atoms with Gasteiger partial charge in [-0.25, -0.2) is 9.78 Å². The van der Waals surface area contributed by atoms with Crippen LogP contribution in [-0.4, -0.2) is 32.2 Å². The molecule has 0 spiro atoms. The van der Waals surface area contributed by atoms with Crippen molar-refractivity contribution in [1.29, 1.82) is 0 Å². The second-order valence-corrected chi connectivity index (χ2v) is 8.03. The minimum atomic E-state index is -0.308. The lowest BCUT2D eigenvalue weighted by atomic mass is 10.2. The number of aromatic nitrogens is 4. The summed E-state index contributed by atoms with van der Waals surface area (Å²) in [5.74, 6) is 1.36. The highest BCUT2D eigenvalue weighted by atomic mass is 32.2. The molecule has 0 unspecified atom stereocenters. The number of aryl methyl sites for hydroxylation is 1. The molecule has 4 rings (SSSR count). The third-order valence-corrected chi connectivity index (χ3v) is 5.91. The molecule has 2 aromatic carbocycles. The molecule has 2 heterocycles. The third kappa shape index (κ3) is 4.83. The van der Waals surface area contributed by atoms with E-state index in [-0.39, 0.29) is 6.03 Å². The van der Waals surface area contributed by atoms with E-state index in [9.17, 15) is 4.79 Å². The van der Waals surface area contributed by atoms with Gasteiger partial charge >= 0.3 is 6.03 Å². The predicted molar refractivity (Wildman–Crippen MR) is 126 cm³/mol. The van der Waals surface area contributed by atoms with Crippen LogP contribution in [0.2, 0.25) is 0 Å². The number of urea groups is 1. The fourth-order valence-electron chi connectivity index (χ4n) is 3.28. The Morgan fingerprint density at radius 1 is 1.03 bits per heavy atom. The number of fused-ring (bicyclic) bond motifs is 1. The number of anilines is 2. The van der Waals surface area contributed by atoms with Crippen molar-refractivity contribution < 1.29 is 9.53 Å². The number of hydrogen-bond acceptors (Lipinski definition) is 6. The maximum absolute atomic E-state index is 12.3.